The molecular weight excluding hydrogens is 352 g/mol. The van der Waals surface area contributed by atoms with E-state index in [1.807, 2.05) is 4.90 Å². The largest absolute Gasteiger partial charge is 0.356 e. The van der Waals surface area contributed by atoms with E-state index in [1.165, 1.54) is 25.7 Å². The molecule has 2 heterocycles. The fourth-order valence-corrected chi connectivity index (χ4v) is 4.43. The van der Waals surface area contributed by atoms with Crippen LogP contribution in [0.4, 0.5) is 4.79 Å². The van der Waals surface area contributed by atoms with Crippen LogP contribution in [0.2, 0.25) is 0 Å². The van der Waals surface area contributed by atoms with Crippen LogP contribution in [0.1, 0.15) is 57.8 Å². The van der Waals surface area contributed by atoms with E-state index in [4.69, 9.17) is 0 Å². The Bertz CT molecular complexity index is 451. The first kappa shape index (κ1) is 21.3. The molecule has 0 aromatic carbocycles. The third-order valence-electron chi connectivity index (χ3n) is 6.01. The zero-order valence-corrected chi connectivity index (χ0v) is 16.6. The van der Waals surface area contributed by atoms with E-state index in [9.17, 15) is 9.59 Å². The zero-order chi connectivity index (χ0) is 17.5. The molecule has 0 aromatic heterocycles. The van der Waals surface area contributed by atoms with E-state index in [2.05, 4.69) is 16.0 Å². The summed E-state index contributed by atoms with van der Waals surface area (Å²) in [7, 11) is 0. The number of rotatable bonds is 5. The number of urea groups is 1. The van der Waals surface area contributed by atoms with Crippen molar-refractivity contribution < 1.29 is 9.59 Å². The van der Waals surface area contributed by atoms with Gasteiger partial charge in [0.15, 0.2) is 0 Å². The number of piperidine rings is 2. The van der Waals surface area contributed by atoms with Crippen molar-refractivity contribution in [3.8, 4) is 0 Å². The van der Waals surface area contributed by atoms with Crippen molar-refractivity contribution in [2.24, 2.45) is 11.8 Å². The highest BCUT2D eigenvalue weighted by Gasteiger charge is 2.29. The predicted octanol–water partition coefficient (Wildman–Crippen LogP) is 2.28. The Labute approximate surface area is 163 Å². The average molecular weight is 387 g/mol. The second-order valence-corrected chi connectivity index (χ2v) is 8.01. The molecule has 1 aliphatic carbocycles. The second kappa shape index (κ2) is 11.0. The molecule has 150 valence electrons. The zero-order valence-electron chi connectivity index (χ0n) is 15.8. The van der Waals surface area contributed by atoms with E-state index in [1.54, 1.807) is 0 Å². The number of hydrogen-bond acceptors (Lipinski definition) is 3. The fraction of sp³-hybridized carbons (Fsp3) is 0.895. The molecule has 1 saturated carbocycles. The topological polar surface area (TPSA) is 73.5 Å². The van der Waals surface area contributed by atoms with Gasteiger partial charge in [-0.05, 0) is 64.0 Å². The molecule has 2 aliphatic heterocycles. The molecule has 6 nitrogen and oxygen atoms in total. The number of carbonyl (C=O) groups is 2. The van der Waals surface area contributed by atoms with Crippen molar-refractivity contribution in [1.29, 1.82) is 0 Å². The predicted molar refractivity (Wildman–Crippen MR) is 106 cm³/mol. The Morgan fingerprint density at radius 3 is 2.58 bits per heavy atom. The number of halogens is 1. The lowest BCUT2D eigenvalue weighted by Gasteiger charge is -2.33. The van der Waals surface area contributed by atoms with Crippen LogP contribution in [-0.4, -0.2) is 55.6 Å². The molecule has 2 saturated heterocycles. The van der Waals surface area contributed by atoms with Gasteiger partial charge in [-0.15, -0.1) is 12.4 Å². The maximum atomic E-state index is 12.5. The highest BCUT2D eigenvalue weighted by molar-refractivity contribution is 5.85. The molecule has 3 rings (SSSR count). The van der Waals surface area contributed by atoms with Gasteiger partial charge in [0.25, 0.3) is 0 Å². The summed E-state index contributed by atoms with van der Waals surface area (Å²) in [6.07, 6.45) is 10.00. The molecule has 26 heavy (non-hydrogen) atoms. The first-order chi connectivity index (χ1) is 12.2. The molecule has 0 radical (unpaired) electrons. The van der Waals surface area contributed by atoms with Crippen LogP contribution >= 0.6 is 12.4 Å². The molecule has 0 bridgehead atoms. The normalized spacial score (nSPS) is 26.8. The van der Waals surface area contributed by atoms with Gasteiger partial charge in [-0.3, -0.25) is 4.79 Å². The molecule has 3 aliphatic rings. The third kappa shape index (κ3) is 6.31. The van der Waals surface area contributed by atoms with Gasteiger partial charge in [-0.1, -0.05) is 12.8 Å². The molecule has 0 spiro atoms. The molecule has 3 fully saturated rings. The van der Waals surface area contributed by atoms with Crippen LogP contribution in [-0.2, 0) is 4.79 Å². The number of hydrogen-bond donors (Lipinski definition) is 3. The maximum absolute atomic E-state index is 12.5. The summed E-state index contributed by atoms with van der Waals surface area (Å²) in [6.45, 7) is 4.31. The van der Waals surface area contributed by atoms with E-state index < -0.39 is 0 Å². The minimum Gasteiger partial charge on any atom is -0.356 e. The molecule has 2 atom stereocenters. The minimum atomic E-state index is -0.0486. The van der Waals surface area contributed by atoms with Crippen molar-refractivity contribution >= 4 is 24.3 Å². The number of likely N-dealkylation sites (tertiary alicyclic amines) is 1. The van der Waals surface area contributed by atoms with Crippen molar-refractivity contribution in [3.05, 3.63) is 0 Å². The summed E-state index contributed by atoms with van der Waals surface area (Å²) in [5, 5.41) is 9.67. The Kier molecular flexibility index (Phi) is 8.99. The first-order valence-electron chi connectivity index (χ1n) is 10.3. The average Bonchev–Trinajstić information content (AvgIpc) is 3.15. The van der Waals surface area contributed by atoms with E-state index >= 15 is 0 Å². The second-order valence-electron chi connectivity index (χ2n) is 8.01. The number of nitrogens with zero attached hydrogens (tertiary/aromatic N) is 1. The van der Waals surface area contributed by atoms with Crippen LogP contribution in [0.5, 0.6) is 0 Å². The molecule has 0 aromatic rings. The fourth-order valence-electron chi connectivity index (χ4n) is 4.43. The Balaban J connectivity index is 0.00000243. The SMILES string of the molecule is Cl.O=C(NCCC1CCCNC1)C1CCCN(C(=O)NC2CCCC2)C1. The maximum Gasteiger partial charge on any atom is 0.317 e. The van der Waals surface area contributed by atoms with Crippen LogP contribution < -0.4 is 16.0 Å². The summed E-state index contributed by atoms with van der Waals surface area (Å²) >= 11 is 0. The lowest BCUT2D eigenvalue weighted by Crippen LogP contribution is -2.50. The number of carbonyl (C=O) groups excluding carboxylic acids is 2. The third-order valence-corrected chi connectivity index (χ3v) is 6.01. The van der Waals surface area contributed by atoms with Crippen LogP contribution in [0.3, 0.4) is 0 Å². The Hall–Kier alpha value is -1.01. The van der Waals surface area contributed by atoms with Gasteiger partial charge in [0.2, 0.25) is 5.91 Å². The molecule has 7 heteroatoms. The summed E-state index contributed by atoms with van der Waals surface area (Å²) in [5.74, 6) is 0.767. The molecule has 3 amide bonds. The van der Waals surface area contributed by atoms with Crippen LogP contribution in [0, 0.1) is 11.8 Å². The van der Waals surface area contributed by atoms with Gasteiger partial charge in [0.1, 0.15) is 0 Å². The summed E-state index contributed by atoms with van der Waals surface area (Å²) in [6, 6.07) is 0.364. The van der Waals surface area contributed by atoms with Crippen molar-refractivity contribution in [2.45, 2.75) is 63.8 Å². The van der Waals surface area contributed by atoms with Gasteiger partial charge < -0.3 is 20.9 Å². The highest BCUT2D eigenvalue weighted by Crippen LogP contribution is 2.20. The van der Waals surface area contributed by atoms with E-state index in [-0.39, 0.29) is 30.3 Å². The Morgan fingerprint density at radius 1 is 1.04 bits per heavy atom. The smallest absolute Gasteiger partial charge is 0.317 e. The van der Waals surface area contributed by atoms with E-state index in [0.717, 1.165) is 58.3 Å². The number of nitrogens with one attached hydrogen (secondary N) is 3. The highest BCUT2D eigenvalue weighted by atomic mass is 35.5. The number of amides is 3. The quantitative estimate of drug-likeness (QED) is 0.678. The molecular formula is C19H35ClN4O2. The van der Waals surface area contributed by atoms with Gasteiger partial charge in [-0.2, -0.15) is 0 Å². The first-order valence-corrected chi connectivity index (χ1v) is 10.3. The van der Waals surface area contributed by atoms with Crippen LogP contribution in [0.15, 0.2) is 0 Å². The summed E-state index contributed by atoms with van der Waals surface area (Å²) in [4.78, 5) is 26.7. The van der Waals surface area contributed by atoms with Gasteiger partial charge in [-0.25, -0.2) is 4.79 Å². The monoisotopic (exact) mass is 386 g/mol. The standard InChI is InChI=1S/C19H34N4O2.ClH/c24-18(21-11-9-15-5-3-10-20-13-15)16-6-4-12-23(14-16)19(25)22-17-7-1-2-8-17;/h15-17,20H,1-14H2,(H,21,24)(H,22,25);1H. The lowest BCUT2D eigenvalue weighted by molar-refractivity contribution is -0.126. The minimum absolute atomic E-state index is 0. The van der Waals surface area contributed by atoms with Crippen molar-refractivity contribution in [3.63, 3.8) is 0 Å². The van der Waals surface area contributed by atoms with Gasteiger partial charge in [0, 0.05) is 25.7 Å². The lowest BCUT2D eigenvalue weighted by atomic mass is 9.95. The molecule has 2 unspecified atom stereocenters. The van der Waals surface area contributed by atoms with Gasteiger partial charge in [0.05, 0.1) is 5.92 Å². The van der Waals surface area contributed by atoms with Crippen molar-refractivity contribution in [2.75, 3.05) is 32.7 Å². The van der Waals surface area contributed by atoms with Gasteiger partial charge >= 0.3 is 6.03 Å². The van der Waals surface area contributed by atoms with Crippen molar-refractivity contribution in [1.82, 2.24) is 20.9 Å². The summed E-state index contributed by atoms with van der Waals surface area (Å²) < 4.78 is 0. The Morgan fingerprint density at radius 2 is 1.85 bits per heavy atom. The summed E-state index contributed by atoms with van der Waals surface area (Å²) in [5.41, 5.74) is 0. The van der Waals surface area contributed by atoms with Crippen LogP contribution in [0.25, 0.3) is 0 Å². The molecule has 3 N–H and O–H groups in total. The van der Waals surface area contributed by atoms with E-state index in [0.29, 0.717) is 18.5 Å².